The maximum absolute atomic E-state index is 6.19. The second-order valence-electron chi connectivity index (χ2n) is 3.73. The lowest BCUT2D eigenvalue weighted by Gasteiger charge is -2.14. The van der Waals surface area contributed by atoms with Crippen LogP contribution >= 0.6 is 23.2 Å². The summed E-state index contributed by atoms with van der Waals surface area (Å²) >= 11 is 12.3. The van der Waals surface area contributed by atoms with Crippen LogP contribution in [0.5, 0.6) is 5.75 Å². The van der Waals surface area contributed by atoms with Crippen molar-refractivity contribution in [1.82, 2.24) is 0 Å². The Labute approximate surface area is 115 Å². The largest absolute Gasteiger partial charge is 0.492 e. The summed E-state index contributed by atoms with van der Waals surface area (Å²) in [6, 6.07) is 6.51. The summed E-state index contributed by atoms with van der Waals surface area (Å²) in [6.07, 6.45) is 1.57. The predicted molar refractivity (Wildman–Crippen MR) is 72.4 cm³/mol. The zero-order valence-electron chi connectivity index (χ0n) is 9.82. The maximum Gasteiger partial charge on any atom is 0.139 e. The maximum atomic E-state index is 6.19. The summed E-state index contributed by atoms with van der Waals surface area (Å²) in [6.45, 7) is 2.41. The first-order valence-electron chi connectivity index (χ1n) is 5.54. The van der Waals surface area contributed by atoms with Gasteiger partial charge in [-0.3, -0.25) is 0 Å². The SMILES string of the molecule is CCOc1cc(Cl)c(C(N)c2ccco2)cc1Cl. The lowest BCUT2D eigenvalue weighted by Crippen LogP contribution is -2.11. The highest BCUT2D eigenvalue weighted by molar-refractivity contribution is 6.34. The Morgan fingerprint density at radius 3 is 2.72 bits per heavy atom. The van der Waals surface area contributed by atoms with E-state index in [9.17, 15) is 0 Å². The van der Waals surface area contributed by atoms with Crippen LogP contribution in [0.2, 0.25) is 10.0 Å². The highest BCUT2D eigenvalue weighted by Crippen LogP contribution is 2.35. The number of halogens is 2. The molecule has 2 aromatic rings. The van der Waals surface area contributed by atoms with Crippen molar-refractivity contribution >= 4 is 23.2 Å². The number of hydrogen-bond acceptors (Lipinski definition) is 3. The molecule has 0 aliphatic rings. The molecule has 0 saturated heterocycles. The first-order chi connectivity index (χ1) is 8.63. The second kappa shape index (κ2) is 5.65. The van der Waals surface area contributed by atoms with E-state index in [0.29, 0.717) is 33.7 Å². The zero-order chi connectivity index (χ0) is 13.1. The molecular formula is C13H13Cl2NO2. The van der Waals surface area contributed by atoms with Gasteiger partial charge < -0.3 is 14.9 Å². The molecule has 0 spiro atoms. The van der Waals surface area contributed by atoms with E-state index in [2.05, 4.69) is 0 Å². The predicted octanol–water partition coefficient (Wildman–Crippen LogP) is 4.03. The molecule has 0 aliphatic heterocycles. The minimum Gasteiger partial charge on any atom is -0.492 e. The van der Waals surface area contributed by atoms with E-state index >= 15 is 0 Å². The number of ether oxygens (including phenoxy) is 1. The van der Waals surface area contributed by atoms with Crippen molar-refractivity contribution in [3.05, 3.63) is 51.9 Å². The third kappa shape index (κ3) is 2.64. The molecule has 1 unspecified atom stereocenters. The molecule has 1 aromatic heterocycles. The van der Waals surface area contributed by atoms with Gasteiger partial charge in [0, 0.05) is 11.1 Å². The van der Waals surface area contributed by atoms with Crippen LogP contribution in [0.15, 0.2) is 34.9 Å². The third-order valence-electron chi connectivity index (χ3n) is 2.54. The van der Waals surface area contributed by atoms with E-state index in [0.717, 1.165) is 0 Å². The summed E-state index contributed by atoms with van der Waals surface area (Å²) in [5.74, 6) is 1.19. The van der Waals surface area contributed by atoms with Crippen molar-refractivity contribution in [2.75, 3.05) is 6.61 Å². The van der Waals surface area contributed by atoms with Crippen LogP contribution in [0.1, 0.15) is 24.3 Å². The number of rotatable bonds is 4. The van der Waals surface area contributed by atoms with Crippen LogP contribution in [0.3, 0.4) is 0 Å². The van der Waals surface area contributed by atoms with E-state index < -0.39 is 6.04 Å². The molecule has 96 valence electrons. The Bertz CT molecular complexity index is 526. The fraction of sp³-hybridized carbons (Fsp3) is 0.231. The van der Waals surface area contributed by atoms with Gasteiger partial charge in [-0.15, -0.1) is 0 Å². The van der Waals surface area contributed by atoms with Crippen LogP contribution in [0.4, 0.5) is 0 Å². The van der Waals surface area contributed by atoms with Crippen molar-refractivity contribution < 1.29 is 9.15 Å². The molecule has 18 heavy (non-hydrogen) atoms. The molecule has 0 aliphatic carbocycles. The van der Waals surface area contributed by atoms with Gasteiger partial charge in [-0.25, -0.2) is 0 Å². The minimum atomic E-state index is -0.444. The average molecular weight is 286 g/mol. The average Bonchev–Trinajstić information content (AvgIpc) is 2.86. The molecule has 0 bridgehead atoms. The van der Waals surface area contributed by atoms with Crippen LogP contribution < -0.4 is 10.5 Å². The molecule has 5 heteroatoms. The minimum absolute atomic E-state index is 0.444. The Balaban J connectivity index is 2.37. The summed E-state index contributed by atoms with van der Waals surface area (Å²) in [4.78, 5) is 0. The van der Waals surface area contributed by atoms with Crippen molar-refractivity contribution in [3.8, 4) is 5.75 Å². The molecule has 3 nitrogen and oxygen atoms in total. The van der Waals surface area contributed by atoms with Gasteiger partial charge in [0.25, 0.3) is 0 Å². The fourth-order valence-electron chi connectivity index (χ4n) is 1.67. The van der Waals surface area contributed by atoms with Gasteiger partial charge in [-0.1, -0.05) is 23.2 Å². The summed E-state index contributed by atoms with van der Waals surface area (Å²) in [5.41, 5.74) is 6.79. The highest BCUT2D eigenvalue weighted by Gasteiger charge is 2.17. The summed E-state index contributed by atoms with van der Waals surface area (Å²) in [7, 11) is 0. The van der Waals surface area contributed by atoms with Crippen LogP contribution in [-0.4, -0.2) is 6.61 Å². The second-order valence-corrected chi connectivity index (χ2v) is 4.54. The molecule has 0 fully saturated rings. The van der Waals surface area contributed by atoms with Crippen LogP contribution in [0.25, 0.3) is 0 Å². The van der Waals surface area contributed by atoms with E-state index in [1.807, 2.05) is 6.92 Å². The molecule has 2 rings (SSSR count). The van der Waals surface area contributed by atoms with Gasteiger partial charge in [0.1, 0.15) is 11.5 Å². The van der Waals surface area contributed by atoms with E-state index in [1.54, 1.807) is 30.5 Å². The number of nitrogens with two attached hydrogens (primary N) is 1. The smallest absolute Gasteiger partial charge is 0.139 e. The van der Waals surface area contributed by atoms with Gasteiger partial charge >= 0.3 is 0 Å². The lowest BCUT2D eigenvalue weighted by atomic mass is 10.1. The Hall–Kier alpha value is -1.16. The topological polar surface area (TPSA) is 48.4 Å². The molecule has 1 aromatic carbocycles. The van der Waals surface area contributed by atoms with E-state index in [4.69, 9.17) is 38.1 Å². The lowest BCUT2D eigenvalue weighted by molar-refractivity contribution is 0.340. The van der Waals surface area contributed by atoms with E-state index in [1.165, 1.54) is 0 Å². The number of benzene rings is 1. The first-order valence-corrected chi connectivity index (χ1v) is 6.29. The normalized spacial score (nSPS) is 12.4. The van der Waals surface area contributed by atoms with Crippen LogP contribution in [-0.2, 0) is 0 Å². The van der Waals surface area contributed by atoms with Crippen molar-refractivity contribution in [2.45, 2.75) is 13.0 Å². The molecule has 0 saturated carbocycles. The Kier molecular flexibility index (Phi) is 4.17. The third-order valence-corrected chi connectivity index (χ3v) is 3.16. The fourth-order valence-corrected chi connectivity index (χ4v) is 2.17. The van der Waals surface area contributed by atoms with E-state index in [-0.39, 0.29) is 0 Å². The molecular weight excluding hydrogens is 273 g/mol. The summed E-state index contributed by atoms with van der Waals surface area (Å²) in [5, 5.41) is 0.991. The number of hydrogen-bond donors (Lipinski definition) is 1. The monoisotopic (exact) mass is 285 g/mol. The van der Waals surface area contributed by atoms with Gasteiger partial charge in [-0.2, -0.15) is 0 Å². The standard InChI is InChI=1S/C13H13Cl2NO2/c1-2-17-12-7-9(14)8(6-10(12)15)13(16)11-4-3-5-18-11/h3-7,13H,2,16H2,1H3. The molecule has 1 atom stereocenters. The van der Waals surface area contributed by atoms with Gasteiger partial charge in [0.05, 0.1) is 23.9 Å². The molecule has 0 amide bonds. The van der Waals surface area contributed by atoms with Crippen molar-refractivity contribution in [1.29, 1.82) is 0 Å². The summed E-state index contributed by atoms with van der Waals surface area (Å²) < 4.78 is 10.6. The van der Waals surface area contributed by atoms with Crippen LogP contribution in [0, 0.1) is 0 Å². The van der Waals surface area contributed by atoms with Gasteiger partial charge in [0.2, 0.25) is 0 Å². The Morgan fingerprint density at radius 1 is 1.33 bits per heavy atom. The molecule has 2 N–H and O–H groups in total. The molecule has 1 heterocycles. The van der Waals surface area contributed by atoms with Gasteiger partial charge in [-0.05, 0) is 30.7 Å². The zero-order valence-corrected chi connectivity index (χ0v) is 11.3. The Morgan fingerprint density at radius 2 is 2.11 bits per heavy atom. The highest BCUT2D eigenvalue weighted by atomic mass is 35.5. The number of furan rings is 1. The molecule has 0 radical (unpaired) electrons. The van der Waals surface area contributed by atoms with Crippen molar-refractivity contribution in [2.24, 2.45) is 5.73 Å². The van der Waals surface area contributed by atoms with Gasteiger partial charge in [0.15, 0.2) is 0 Å². The quantitative estimate of drug-likeness (QED) is 0.923. The van der Waals surface area contributed by atoms with Crippen molar-refractivity contribution in [3.63, 3.8) is 0 Å². The first kappa shape index (κ1) is 13.3.